The van der Waals surface area contributed by atoms with Crippen LogP contribution in [0.5, 0.6) is 0 Å². The maximum atomic E-state index is 14.9. The number of fused-ring (bicyclic) bond motifs is 1. The van der Waals surface area contributed by atoms with Crippen molar-refractivity contribution in [3.05, 3.63) is 71.8 Å². The van der Waals surface area contributed by atoms with Crippen molar-refractivity contribution in [1.82, 2.24) is 15.5 Å². The average Bonchev–Trinajstić information content (AvgIpc) is 2.88. The van der Waals surface area contributed by atoms with Crippen molar-refractivity contribution in [1.29, 1.82) is 0 Å². The molecule has 3 rings (SSSR count). The summed E-state index contributed by atoms with van der Waals surface area (Å²) in [5.41, 5.74) is 7.00. The highest BCUT2D eigenvalue weighted by molar-refractivity contribution is 6.04. The molecule has 2 unspecified atom stereocenters. The lowest BCUT2D eigenvalue weighted by molar-refractivity contribution is -0.0980. The lowest BCUT2D eigenvalue weighted by Crippen LogP contribution is -2.52. The fourth-order valence-electron chi connectivity index (χ4n) is 4.45. The third-order valence-corrected chi connectivity index (χ3v) is 7.09. The first-order valence-corrected chi connectivity index (χ1v) is 13.1. The van der Waals surface area contributed by atoms with E-state index in [0.717, 1.165) is 26.1 Å². The Bertz CT molecular complexity index is 995. The molecule has 2 heterocycles. The molecule has 0 bridgehead atoms. The molecule has 4 N–H and O–H groups in total. The van der Waals surface area contributed by atoms with Crippen molar-refractivity contribution in [2.45, 2.75) is 85.2 Å². The zero-order valence-electron chi connectivity index (χ0n) is 23.6. The monoisotopic (exact) mass is 535 g/mol. The molecular formula is C29H44F3N5O. The molecule has 1 aliphatic carbocycles. The minimum absolute atomic E-state index is 0.276. The molecular weight excluding hydrogens is 491 g/mol. The van der Waals surface area contributed by atoms with E-state index >= 15 is 0 Å². The number of hydrogen-bond acceptors (Lipinski definition) is 6. The lowest BCUT2D eigenvalue weighted by atomic mass is 9.67. The Morgan fingerprint density at radius 2 is 1.97 bits per heavy atom. The molecule has 0 saturated heterocycles. The van der Waals surface area contributed by atoms with Crippen molar-refractivity contribution in [2.24, 2.45) is 16.1 Å². The maximum Gasteiger partial charge on any atom is 0.264 e. The van der Waals surface area contributed by atoms with Crippen LogP contribution in [-0.2, 0) is 4.79 Å². The van der Waals surface area contributed by atoms with Crippen molar-refractivity contribution in [2.75, 3.05) is 6.54 Å². The summed E-state index contributed by atoms with van der Waals surface area (Å²) in [5.74, 6) is -2.72. The first-order chi connectivity index (χ1) is 18.0. The van der Waals surface area contributed by atoms with Gasteiger partial charge in [-0.2, -0.15) is 0 Å². The summed E-state index contributed by atoms with van der Waals surface area (Å²) in [6.07, 6.45) is 13.7. The molecule has 0 spiro atoms. The van der Waals surface area contributed by atoms with Crippen LogP contribution in [0.25, 0.3) is 0 Å². The van der Waals surface area contributed by atoms with E-state index in [4.69, 9.17) is 15.5 Å². The van der Waals surface area contributed by atoms with Crippen LogP contribution >= 0.6 is 0 Å². The van der Waals surface area contributed by atoms with Gasteiger partial charge in [0.1, 0.15) is 30.3 Å². The summed E-state index contributed by atoms with van der Waals surface area (Å²) in [6, 6.07) is -1.90. The van der Waals surface area contributed by atoms with Crippen LogP contribution in [0.1, 0.15) is 67.2 Å². The summed E-state index contributed by atoms with van der Waals surface area (Å²) < 4.78 is 43.4. The van der Waals surface area contributed by atoms with Gasteiger partial charge in [0, 0.05) is 49.3 Å². The van der Waals surface area contributed by atoms with Gasteiger partial charge in [-0.05, 0) is 50.7 Å². The highest BCUT2D eigenvalue weighted by Gasteiger charge is 2.42. The highest BCUT2D eigenvalue weighted by atomic mass is 19.3. The second-order valence-corrected chi connectivity index (χ2v) is 9.57. The van der Waals surface area contributed by atoms with Gasteiger partial charge < -0.3 is 20.7 Å². The van der Waals surface area contributed by atoms with Crippen molar-refractivity contribution in [3.63, 3.8) is 0 Å². The number of nitrogens with zero attached hydrogens (tertiary/aromatic N) is 2. The van der Waals surface area contributed by atoms with E-state index in [1.807, 2.05) is 26.7 Å². The smallest absolute Gasteiger partial charge is 0.264 e. The molecule has 0 aromatic carbocycles. The van der Waals surface area contributed by atoms with E-state index in [1.54, 1.807) is 37.1 Å². The van der Waals surface area contributed by atoms with Gasteiger partial charge in [0.2, 0.25) is 0 Å². The number of aliphatic imine (C=N–C) groups is 1. The Labute approximate surface area is 226 Å². The van der Waals surface area contributed by atoms with Gasteiger partial charge in [-0.15, -0.1) is 0 Å². The Morgan fingerprint density at radius 3 is 2.47 bits per heavy atom. The van der Waals surface area contributed by atoms with Crippen LogP contribution in [0.15, 0.2) is 76.8 Å². The molecule has 212 valence electrons. The number of allylic oxidation sites excluding steroid dienone is 5. The van der Waals surface area contributed by atoms with Gasteiger partial charge in [-0.25, -0.2) is 18.2 Å². The Balaban J connectivity index is 0.00000172. The van der Waals surface area contributed by atoms with Crippen LogP contribution in [0.4, 0.5) is 13.2 Å². The molecule has 0 aromatic rings. The largest absolute Gasteiger partial charge is 0.402 e. The second-order valence-electron chi connectivity index (χ2n) is 9.57. The van der Waals surface area contributed by atoms with Gasteiger partial charge in [-0.3, -0.25) is 5.32 Å². The normalized spacial score (nSPS) is 20.2. The summed E-state index contributed by atoms with van der Waals surface area (Å²) >= 11 is 0. The Hall–Kier alpha value is -3.07. The van der Waals surface area contributed by atoms with E-state index in [1.165, 1.54) is 25.3 Å². The van der Waals surface area contributed by atoms with E-state index in [0.29, 0.717) is 28.5 Å². The van der Waals surface area contributed by atoms with Gasteiger partial charge in [-0.1, -0.05) is 45.4 Å². The van der Waals surface area contributed by atoms with Crippen LogP contribution in [0.3, 0.4) is 0 Å². The van der Waals surface area contributed by atoms with Crippen molar-refractivity contribution in [3.8, 4) is 0 Å². The van der Waals surface area contributed by atoms with E-state index in [2.05, 4.69) is 24.1 Å². The molecule has 38 heavy (non-hydrogen) atoms. The third kappa shape index (κ3) is 8.21. The minimum atomic E-state index is -3.11. The van der Waals surface area contributed by atoms with Gasteiger partial charge >= 0.3 is 0 Å². The highest BCUT2D eigenvalue weighted by Crippen LogP contribution is 2.43. The van der Waals surface area contributed by atoms with Crippen molar-refractivity contribution < 1.29 is 18.0 Å². The SMILES string of the molecule is C=C1C=C(NCC2(CC)CCC2)N=C2C(C(NC(C)/C(C)=C\C(F)=C/N)C(C)(F)F)=CC=CN12.C=O.CC. The number of amidine groups is 1. The number of alkyl halides is 2. The van der Waals surface area contributed by atoms with Gasteiger partial charge in [0.05, 0.1) is 0 Å². The zero-order chi connectivity index (χ0) is 29.1. The number of halogens is 3. The standard InChI is InChI=1S/C26H36F3N5.C2H6.CH2O/c1-6-26(10-8-11-26)16-31-22-14-18(3)34-12-7-9-21(24(34)33-22)23(25(5,28)29)32-19(4)17(2)13-20(27)15-30;2*1-2/h7,9,12-15,19,23,31-32H,3,6,8,10-11,16,30H2,1-2,4-5H3;1-2H3;1H2/b17-13-,20-15+;;. The van der Waals surface area contributed by atoms with Crippen molar-refractivity contribution >= 4 is 12.6 Å². The minimum Gasteiger partial charge on any atom is -0.402 e. The molecule has 6 nitrogen and oxygen atoms in total. The van der Waals surface area contributed by atoms with Crippen LogP contribution in [0, 0.1) is 5.41 Å². The topological polar surface area (TPSA) is 82.8 Å². The maximum absolute atomic E-state index is 14.9. The quantitative estimate of drug-likeness (QED) is 0.289. The van der Waals surface area contributed by atoms with E-state index < -0.39 is 23.8 Å². The van der Waals surface area contributed by atoms with Gasteiger partial charge in [0.25, 0.3) is 5.92 Å². The first kappa shape index (κ1) is 33.0. The molecule has 3 aliphatic rings. The first-order valence-electron chi connectivity index (χ1n) is 13.1. The lowest BCUT2D eigenvalue weighted by Gasteiger charge is -2.42. The predicted octanol–water partition coefficient (Wildman–Crippen LogP) is 6.24. The van der Waals surface area contributed by atoms with E-state index in [-0.39, 0.29) is 5.41 Å². The number of rotatable bonds is 10. The van der Waals surface area contributed by atoms with Gasteiger partial charge in [0.15, 0.2) is 0 Å². The van der Waals surface area contributed by atoms with Crippen LogP contribution in [-0.4, -0.2) is 42.1 Å². The van der Waals surface area contributed by atoms with Crippen LogP contribution < -0.4 is 16.4 Å². The summed E-state index contributed by atoms with van der Waals surface area (Å²) in [6.45, 7) is 17.3. The number of nitrogens with two attached hydrogens (primary N) is 1. The summed E-state index contributed by atoms with van der Waals surface area (Å²) in [7, 11) is 0. The molecule has 0 amide bonds. The number of carbonyl (C=O) groups excluding carboxylic acids is 1. The Kier molecular flexibility index (Phi) is 12.8. The summed E-state index contributed by atoms with van der Waals surface area (Å²) in [5, 5.41) is 6.39. The molecule has 2 atom stereocenters. The fraction of sp³-hybridized carbons (Fsp3) is 0.517. The van der Waals surface area contributed by atoms with E-state index in [9.17, 15) is 13.2 Å². The predicted molar refractivity (Wildman–Crippen MR) is 151 cm³/mol. The summed E-state index contributed by atoms with van der Waals surface area (Å²) in [4.78, 5) is 14.4. The average molecular weight is 536 g/mol. The second kappa shape index (κ2) is 14.8. The number of nitrogens with one attached hydrogen (secondary N) is 2. The zero-order valence-corrected chi connectivity index (χ0v) is 23.6. The Morgan fingerprint density at radius 1 is 1.34 bits per heavy atom. The molecule has 0 aromatic heterocycles. The molecule has 2 aliphatic heterocycles. The third-order valence-electron chi connectivity index (χ3n) is 7.09. The van der Waals surface area contributed by atoms with Crippen LogP contribution in [0.2, 0.25) is 0 Å². The number of hydrogen-bond donors (Lipinski definition) is 3. The molecule has 1 saturated carbocycles. The fourth-order valence-corrected chi connectivity index (χ4v) is 4.45. The molecule has 1 fully saturated rings. The molecule has 0 radical (unpaired) electrons. The molecule has 9 heteroatoms. The number of carbonyl (C=O) groups is 1.